The molecule has 1 atom stereocenters. The second-order valence-electron chi connectivity index (χ2n) is 6.74. The van der Waals surface area contributed by atoms with Crippen molar-refractivity contribution in [2.75, 3.05) is 5.75 Å². The fourth-order valence-corrected chi connectivity index (χ4v) is 4.87. The van der Waals surface area contributed by atoms with E-state index in [4.69, 9.17) is 16.0 Å². The standard InChI is InChI=1S/C20H21ClN2O2S/c21-15-9-7-14(8-10-15)17-12-18(19-6-3-11-25-19)23(22-17)20(24)13-26-16-4-1-2-5-16/h3,6-11,16,18H,1-2,4-5,12-13H2/t18-/m1/s1. The number of amides is 1. The molecular weight excluding hydrogens is 368 g/mol. The van der Waals surface area contributed by atoms with Gasteiger partial charge in [0.05, 0.1) is 17.7 Å². The lowest BCUT2D eigenvalue weighted by atomic mass is 10.0. The highest BCUT2D eigenvalue weighted by Gasteiger charge is 2.35. The third kappa shape index (κ3) is 3.84. The largest absolute Gasteiger partial charge is 0.467 e. The molecule has 0 unspecified atom stereocenters. The summed E-state index contributed by atoms with van der Waals surface area (Å²) >= 11 is 7.76. The van der Waals surface area contributed by atoms with Crippen LogP contribution in [0.1, 0.15) is 49.5 Å². The first-order chi connectivity index (χ1) is 12.7. The van der Waals surface area contributed by atoms with Crippen LogP contribution in [0.5, 0.6) is 0 Å². The zero-order chi connectivity index (χ0) is 17.9. The fraction of sp³-hybridized carbons (Fsp3) is 0.400. The number of hydrogen-bond donors (Lipinski definition) is 0. The number of benzene rings is 1. The Morgan fingerprint density at radius 1 is 1.23 bits per heavy atom. The molecule has 1 aromatic carbocycles. The van der Waals surface area contributed by atoms with Gasteiger partial charge in [0.25, 0.3) is 5.91 Å². The third-order valence-corrected chi connectivity index (χ3v) is 6.57. The minimum absolute atomic E-state index is 0.0484. The lowest BCUT2D eigenvalue weighted by molar-refractivity contribution is -0.130. The lowest BCUT2D eigenvalue weighted by Crippen LogP contribution is -2.29. The van der Waals surface area contributed by atoms with Crippen LogP contribution >= 0.6 is 23.4 Å². The summed E-state index contributed by atoms with van der Waals surface area (Å²) in [5.41, 5.74) is 1.88. The second kappa shape index (κ2) is 7.89. The van der Waals surface area contributed by atoms with Gasteiger partial charge in [0.2, 0.25) is 0 Å². The first kappa shape index (κ1) is 17.7. The number of hydrazone groups is 1. The van der Waals surface area contributed by atoms with Gasteiger partial charge in [0, 0.05) is 16.7 Å². The van der Waals surface area contributed by atoms with E-state index in [-0.39, 0.29) is 11.9 Å². The van der Waals surface area contributed by atoms with Crippen molar-refractivity contribution >= 4 is 35.0 Å². The molecule has 0 spiro atoms. The molecule has 4 nitrogen and oxygen atoms in total. The van der Waals surface area contributed by atoms with E-state index in [2.05, 4.69) is 5.10 Å². The molecule has 2 heterocycles. The molecule has 26 heavy (non-hydrogen) atoms. The fourth-order valence-electron chi connectivity index (χ4n) is 3.57. The van der Waals surface area contributed by atoms with E-state index in [0.717, 1.165) is 17.0 Å². The topological polar surface area (TPSA) is 45.8 Å². The Kier molecular flexibility index (Phi) is 5.36. The molecule has 1 saturated carbocycles. The Morgan fingerprint density at radius 3 is 2.69 bits per heavy atom. The van der Waals surface area contributed by atoms with Gasteiger partial charge in [0.1, 0.15) is 11.8 Å². The second-order valence-corrected chi connectivity index (χ2v) is 8.47. The monoisotopic (exact) mass is 388 g/mol. The molecule has 0 saturated heterocycles. The minimum Gasteiger partial charge on any atom is -0.467 e. The number of nitrogens with zero attached hydrogens (tertiary/aromatic N) is 2. The minimum atomic E-state index is -0.174. The normalized spacial score (nSPS) is 20.6. The van der Waals surface area contributed by atoms with Crippen molar-refractivity contribution in [2.24, 2.45) is 5.10 Å². The van der Waals surface area contributed by atoms with E-state index in [0.29, 0.717) is 22.4 Å². The molecule has 6 heteroatoms. The van der Waals surface area contributed by atoms with Crippen molar-refractivity contribution in [3.63, 3.8) is 0 Å². The predicted molar refractivity (Wildman–Crippen MR) is 106 cm³/mol. The maximum atomic E-state index is 12.9. The van der Waals surface area contributed by atoms with Crippen molar-refractivity contribution in [3.05, 3.63) is 59.0 Å². The Labute approximate surface area is 162 Å². The van der Waals surface area contributed by atoms with Gasteiger partial charge in [-0.1, -0.05) is 36.6 Å². The lowest BCUT2D eigenvalue weighted by Gasteiger charge is -2.20. The summed E-state index contributed by atoms with van der Waals surface area (Å²) in [7, 11) is 0. The van der Waals surface area contributed by atoms with Gasteiger partial charge in [-0.2, -0.15) is 5.10 Å². The average Bonchev–Trinajstić information content (AvgIpc) is 3.41. The van der Waals surface area contributed by atoms with E-state index in [1.165, 1.54) is 25.7 Å². The number of halogens is 1. The molecule has 2 aliphatic rings. The van der Waals surface area contributed by atoms with Crippen LogP contribution in [-0.4, -0.2) is 27.6 Å². The van der Waals surface area contributed by atoms with Gasteiger partial charge in [-0.15, -0.1) is 11.8 Å². The van der Waals surface area contributed by atoms with Crippen LogP contribution in [0.4, 0.5) is 0 Å². The molecule has 0 N–H and O–H groups in total. The SMILES string of the molecule is O=C(CSC1CCCC1)N1N=C(c2ccc(Cl)cc2)C[C@@H]1c1ccco1. The average molecular weight is 389 g/mol. The predicted octanol–water partition coefficient (Wildman–Crippen LogP) is 5.29. The Bertz CT molecular complexity index is 783. The number of carbonyl (C=O) groups excluding carboxylic acids is 1. The van der Waals surface area contributed by atoms with Crippen LogP contribution < -0.4 is 0 Å². The van der Waals surface area contributed by atoms with Crippen molar-refractivity contribution in [3.8, 4) is 0 Å². The number of carbonyl (C=O) groups is 1. The molecule has 1 amide bonds. The zero-order valence-corrected chi connectivity index (χ0v) is 16.0. The number of thioether (sulfide) groups is 1. The summed E-state index contributed by atoms with van der Waals surface area (Å²) in [6.45, 7) is 0. The van der Waals surface area contributed by atoms with Crippen LogP contribution in [0.3, 0.4) is 0 Å². The van der Waals surface area contributed by atoms with E-state index in [9.17, 15) is 4.79 Å². The molecular formula is C20H21ClN2O2S. The molecule has 1 aliphatic carbocycles. The maximum absolute atomic E-state index is 12.9. The highest BCUT2D eigenvalue weighted by molar-refractivity contribution is 8.00. The van der Waals surface area contributed by atoms with Gasteiger partial charge in [-0.3, -0.25) is 4.79 Å². The first-order valence-corrected chi connectivity index (χ1v) is 10.4. The molecule has 136 valence electrons. The Balaban J connectivity index is 1.53. The number of rotatable bonds is 5. The van der Waals surface area contributed by atoms with Gasteiger partial charge in [-0.05, 0) is 42.7 Å². The molecule has 0 radical (unpaired) electrons. The molecule has 0 bridgehead atoms. The smallest absolute Gasteiger partial charge is 0.253 e. The summed E-state index contributed by atoms with van der Waals surface area (Å²) in [4.78, 5) is 12.9. The Hall–Kier alpha value is -1.72. The summed E-state index contributed by atoms with van der Waals surface area (Å²) in [5.74, 6) is 1.29. The highest BCUT2D eigenvalue weighted by atomic mass is 35.5. The van der Waals surface area contributed by atoms with Crippen LogP contribution in [0.2, 0.25) is 5.02 Å². The summed E-state index contributed by atoms with van der Waals surface area (Å²) < 4.78 is 5.58. The van der Waals surface area contributed by atoms with Crippen LogP contribution in [0.25, 0.3) is 0 Å². The van der Waals surface area contributed by atoms with E-state index >= 15 is 0 Å². The first-order valence-electron chi connectivity index (χ1n) is 9.01. The Morgan fingerprint density at radius 2 is 2.00 bits per heavy atom. The summed E-state index contributed by atoms with van der Waals surface area (Å²) in [6.07, 6.45) is 7.30. The number of furan rings is 1. The molecule has 2 aromatic rings. The van der Waals surface area contributed by atoms with Gasteiger partial charge in [-0.25, -0.2) is 5.01 Å². The van der Waals surface area contributed by atoms with Crippen molar-refractivity contribution < 1.29 is 9.21 Å². The molecule has 1 fully saturated rings. The van der Waals surface area contributed by atoms with Crippen molar-refractivity contribution in [1.82, 2.24) is 5.01 Å². The molecule has 1 aromatic heterocycles. The highest BCUT2D eigenvalue weighted by Crippen LogP contribution is 2.35. The maximum Gasteiger partial charge on any atom is 0.253 e. The van der Waals surface area contributed by atoms with Crippen LogP contribution in [-0.2, 0) is 4.79 Å². The summed E-state index contributed by atoms with van der Waals surface area (Å²) in [5, 5.41) is 7.58. The number of hydrogen-bond acceptors (Lipinski definition) is 4. The summed E-state index contributed by atoms with van der Waals surface area (Å²) in [6, 6.07) is 11.2. The zero-order valence-electron chi connectivity index (χ0n) is 14.4. The van der Waals surface area contributed by atoms with Gasteiger partial charge in [0.15, 0.2) is 0 Å². The van der Waals surface area contributed by atoms with E-state index in [1.807, 2.05) is 36.4 Å². The van der Waals surface area contributed by atoms with E-state index in [1.54, 1.807) is 23.0 Å². The van der Waals surface area contributed by atoms with Crippen LogP contribution in [0, 0.1) is 0 Å². The molecule has 4 rings (SSSR count). The van der Waals surface area contributed by atoms with Gasteiger partial charge >= 0.3 is 0 Å². The van der Waals surface area contributed by atoms with Crippen LogP contribution in [0.15, 0.2) is 52.2 Å². The van der Waals surface area contributed by atoms with E-state index < -0.39 is 0 Å². The molecule has 1 aliphatic heterocycles. The quantitative estimate of drug-likeness (QED) is 0.699. The third-order valence-electron chi connectivity index (χ3n) is 4.96. The van der Waals surface area contributed by atoms with Crippen molar-refractivity contribution in [1.29, 1.82) is 0 Å². The van der Waals surface area contributed by atoms with Crippen molar-refractivity contribution in [2.45, 2.75) is 43.4 Å². The van der Waals surface area contributed by atoms with Gasteiger partial charge < -0.3 is 4.42 Å².